The molecule has 1 aliphatic heterocycles. The lowest BCUT2D eigenvalue weighted by Gasteiger charge is -2.35. The Morgan fingerprint density at radius 3 is 2.78 bits per heavy atom. The van der Waals surface area contributed by atoms with Crippen LogP contribution in [0, 0.1) is 5.92 Å². The third-order valence-electron chi connectivity index (χ3n) is 4.24. The van der Waals surface area contributed by atoms with Gasteiger partial charge < -0.3 is 10.6 Å². The molecule has 0 saturated carbocycles. The maximum atomic E-state index is 4.78. The van der Waals surface area contributed by atoms with E-state index >= 15 is 0 Å². The minimum atomic E-state index is 0. The lowest BCUT2D eigenvalue weighted by atomic mass is 9.99. The van der Waals surface area contributed by atoms with E-state index in [0.717, 1.165) is 31.5 Å². The summed E-state index contributed by atoms with van der Waals surface area (Å²) < 4.78 is 0. The molecule has 2 N–H and O–H groups in total. The van der Waals surface area contributed by atoms with Crippen molar-refractivity contribution in [3.8, 4) is 0 Å². The van der Waals surface area contributed by atoms with Gasteiger partial charge in [-0.05, 0) is 64.0 Å². The molecule has 1 fully saturated rings. The van der Waals surface area contributed by atoms with Crippen LogP contribution in [-0.4, -0.2) is 61.6 Å². The smallest absolute Gasteiger partial charge is 0.191 e. The van der Waals surface area contributed by atoms with Crippen LogP contribution in [0.3, 0.4) is 0 Å². The molecule has 23 heavy (non-hydrogen) atoms. The molecule has 0 aromatic heterocycles. The predicted octanol–water partition coefficient (Wildman–Crippen LogP) is 3.42. The minimum Gasteiger partial charge on any atom is -0.357 e. The zero-order valence-corrected chi connectivity index (χ0v) is 18.6. The fraction of sp³-hybridized carbons (Fsp3) is 0.941. The van der Waals surface area contributed by atoms with Gasteiger partial charge >= 0.3 is 0 Å². The first kappa shape index (κ1) is 23.3. The van der Waals surface area contributed by atoms with E-state index in [9.17, 15) is 0 Å². The summed E-state index contributed by atoms with van der Waals surface area (Å²) in [6.07, 6.45) is 7.37. The van der Waals surface area contributed by atoms with Crippen LogP contribution in [0.2, 0.25) is 0 Å². The van der Waals surface area contributed by atoms with E-state index in [4.69, 9.17) is 4.99 Å². The number of piperidine rings is 1. The monoisotopic (exact) mass is 456 g/mol. The summed E-state index contributed by atoms with van der Waals surface area (Å²) in [5.41, 5.74) is 0. The molecule has 0 radical (unpaired) electrons. The predicted molar refractivity (Wildman–Crippen MR) is 116 cm³/mol. The molecule has 0 amide bonds. The van der Waals surface area contributed by atoms with Crippen LogP contribution in [0.25, 0.3) is 0 Å². The number of likely N-dealkylation sites (tertiary alicyclic amines) is 1. The van der Waals surface area contributed by atoms with Crippen molar-refractivity contribution in [3.05, 3.63) is 0 Å². The van der Waals surface area contributed by atoms with E-state index in [1.165, 1.54) is 44.5 Å². The molecule has 138 valence electrons. The number of hydrogen-bond donors (Lipinski definition) is 2. The SMILES string of the molecule is CCNC(=NCC(C)N1CCCC(C)C1)NCCCCSC.I. The molecule has 0 spiro atoms. The highest BCUT2D eigenvalue weighted by molar-refractivity contribution is 14.0. The Morgan fingerprint density at radius 2 is 2.13 bits per heavy atom. The fourth-order valence-electron chi connectivity index (χ4n) is 2.88. The molecule has 0 aliphatic carbocycles. The van der Waals surface area contributed by atoms with Gasteiger partial charge in [0.25, 0.3) is 0 Å². The van der Waals surface area contributed by atoms with Crippen molar-refractivity contribution < 1.29 is 0 Å². The molecule has 1 saturated heterocycles. The van der Waals surface area contributed by atoms with Crippen molar-refractivity contribution in [1.29, 1.82) is 0 Å². The Kier molecular flexibility index (Phi) is 14.8. The van der Waals surface area contributed by atoms with E-state index in [1.54, 1.807) is 0 Å². The lowest BCUT2D eigenvalue weighted by Crippen LogP contribution is -2.43. The molecular formula is C17H37IN4S. The van der Waals surface area contributed by atoms with Gasteiger partial charge in [0, 0.05) is 25.7 Å². The van der Waals surface area contributed by atoms with Crippen LogP contribution < -0.4 is 10.6 Å². The highest BCUT2D eigenvalue weighted by atomic mass is 127. The van der Waals surface area contributed by atoms with E-state index in [1.807, 2.05) is 11.8 Å². The quantitative estimate of drug-likeness (QED) is 0.242. The molecule has 1 aliphatic rings. The van der Waals surface area contributed by atoms with Gasteiger partial charge in [0.1, 0.15) is 0 Å². The number of guanidine groups is 1. The van der Waals surface area contributed by atoms with E-state index in [2.05, 4.69) is 42.6 Å². The van der Waals surface area contributed by atoms with Gasteiger partial charge in [-0.1, -0.05) is 6.92 Å². The van der Waals surface area contributed by atoms with Gasteiger partial charge in [-0.2, -0.15) is 11.8 Å². The van der Waals surface area contributed by atoms with Crippen LogP contribution in [-0.2, 0) is 0 Å². The van der Waals surface area contributed by atoms with Gasteiger partial charge in [-0.15, -0.1) is 24.0 Å². The van der Waals surface area contributed by atoms with Crippen LogP contribution >= 0.6 is 35.7 Å². The van der Waals surface area contributed by atoms with Gasteiger partial charge in [0.15, 0.2) is 5.96 Å². The zero-order valence-electron chi connectivity index (χ0n) is 15.4. The highest BCUT2D eigenvalue weighted by Crippen LogP contribution is 2.17. The molecule has 6 heteroatoms. The largest absolute Gasteiger partial charge is 0.357 e. The van der Waals surface area contributed by atoms with Crippen molar-refractivity contribution in [1.82, 2.24) is 15.5 Å². The number of aliphatic imine (C=N–C) groups is 1. The topological polar surface area (TPSA) is 39.7 Å². The first-order chi connectivity index (χ1) is 10.7. The summed E-state index contributed by atoms with van der Waals surface area (Å²) in [4.78, 5) is 7.38. The lowest BCUT2D eigenvalue weighted by molar-refractivity contribution is 0.142. The summed E-state index contributed by atoms with van der Waals surface area (Å²) in [6.45, 7) is 12.1. The number of nitrogens with one attached hydrogen (secondary N) is 2. The second kappa shape index (κ2) is 14.6. The Balaban J connectivity index is 0.00000484. The van der Waals surface area contributed by atoms with Gasteiger partial charge in [0.05, 0.1) is 6.54 Å². The van der Waals surface area contributed by atoms with Gasteiger partial charge in [-0.3, -0.25) is 9.89 Å². The Hall–Kier alpha value is 0.310. The first-order valence-electron chi connectivity index (χ1n) is 8.92. The molecule has 1 heterocycles. The van der Waals surface area contributed by atoms with Gasteiger partial charge in [-0.25, -0.2) is 0 Å². The number of nitrogens with zero attached hydrogens (tertiary/aromatic N) is 2. The summed E-state index contributed by atoms with van der Waals surface area (Å²) in [5.74, 6) is 3.06. The Labute approximate surface area is 165 Å². The van der Waals surface area contributed by atoms with Crippen molar-refractivity contribution in [2.45, 2.75) is 52.5 Å². The molecule has 2 atom stereocenters. The molecule has 2 unspecified atom stereocenters. The molecular weight excluding hydrogens is 419 g/mol. The normalized spacial score (nSPS) is 20.7. The number of hydrogen-bond acceptors (Lipinski definition) is 3. The van der Waals surface area contributed by atoms with Crippen LogP contribution in [0.1, 0.15) is 46.5 Å². The molecule has 0 bridgehead atoms. The third-order valence-corrected chi connectivity index (χ3v) is 4.93. The van der Waals surface area contributed by atoms with Crippen molar-refractivity contribution in [2.75, 3.05) is 44.7 Å². The minimum absolute atomic E-state index is 0. The second-order valence-corrected chi connectivity index (χ2v) is 7.42. The molecule has 0 aromatic carbocycles. The molecule has 4 nitrogen and oxygen atoms in total. The highest BCUT2D eigenvalue weighted by Gasteiger charge is 2.20. The Bertz CT molecular complexity index is 315. The van der Waals surface area contributed by atoms with Crippen molar-refractivity contribution in [3.63, 3.8) is 0 Å². The second-order valence-electron chi connectivity index (χ2n) is 6.44. The number of rotatable bonds is 9. The van der Waals surface area contributed by atoms with Crippen LogP contribution in [0.5, 0.6) is 0 Å². The fourth-order valence-corrected chi connectivity index (χ4v) is 3.38. The standard InChI is InChI=1S/C17H36N4S.HI/c1-5-18-17(19-10-6-7-12-22-4)20-13-16(3)21-11-8-9-15(2)14-21;/h15-16H,5-14H2,1-4H3,(H2,18,19,20);1H. The maximum absolute atomic E-state index is 4.78. The van der Waals surface area contributed by atoms with E-state index < -0.39 is 0 Å². The molecule has 0 aromatic rings. The summed E-state index contributed by atoms with van der Waals surface area (Å²) >= 11 is 1.92. The average Bonchev–Trinajstić information content (AvgIpc) is 2.52. The van der Waals surface area contributed by atoms with Crippen molar-refractivity contribution in [2.24, 2.45) is 10.9 Å². The van der Waals surface area contributed by atoms with Crippen molar-refractivity contribution >= 4 is 41.7 Å². The van der Waals surface area contributed by atoms with E-state index in [0.29, 0.717) is 6.04 Å². The number of halogens is 1. The Morgan fingerprint density at radius 1 is 1.35 bits per heavy atom. The van der Waals surface area contributed by atoms with Crippen LogP contribution in [0.15, 0.2) is 4.99 Å². The summed E-state index contributed by atoms with van der Waals surface area (Å²) in [7, 11) is 0. The first-order valence-corrected chi connectivity index (χ1v) is 10.3. The zero-order chi connectivity index (χ0) is 16.2. The number of unbranched alkanes of at least 4 members (excludes halogenated alkanes) is 1. The van der Waals surface area contributed by atoms with Crippen LogP contribution in [0.4, 0.5) is 0 Å². The molecule has 1 rings (SSSR count). The average molecular weight is 456 g/mol. The van der Waals surface area contributed by atoms with Gasteiger partial charge in [0.2, 0.25) is 0 Å². The van der Waals surface area contributed by atoms with E-state index in [-0.39, 0.29) is 24.0 Å². The number of thioether (sulfide) groups is 1. The summed E-state index contributed by atoms with van der Waals surface area (Å²) in [6, 6.07) is 0.537. The third kappa shape index (κ3) is 10.7. The maximum Gasteiger partial charge on any atom is 0.191 e. The summed E-state index contributed by atoms with van der Waals surface area (Å²) in [5, 5.41) is 6.81.